The van der Waals surface area contributed by atoms with Crippen molar-refractivity contribution in [3.8, 4) is 0 Å². The summed E-state index contributed by atoms with van der Waals surface area (Å²) in [4.78, 5) is 1.44. The molecule has 0 aliphatic heterocycles. The van der Waals surface area contributed by atoms with Gasteiger partial charge in [0.05, 0.1) is 0 Å². The number of hydrogen-bond donors (Lipinski definition) is 0. The molecule has 0 heterocycles. The summed E-state index contributed by atoms with van der Waals surface area (Å²) in [6, 6.07) is 0. The van der Waals surface area contributed by atoms with Crippen LogP contribution in [0.5, 0.6) is 0 Å². The van der Waals surface area contributed by atoms with Gasteiger partial charge < -0.3 is 0 Å². The maximum Gasteiger partial charge on any atom is -0.00720 e. The van der Waals surface area contributed by atoms with Crippen molar-refractivity contribution in [1.29, 1.82) is 0 Å². The van der Waals surface area contributed by atoms with E-state index in [1.807, 2.05) is 39.5 Å². The maximum atomic E-state index is 2.25. The fourth-order valence-corrected chi connectivity index (χ4v) is 1.82. The zero-order valence-electron chi connectivity index (χ0n) is 12.8. The lowest BCUT2D eigenvalue weighted by molar-refractivity contribution is 0.533. The molecule has 0 atom stereocenters. The zero-order valence-corrected chi connectivity index (χ0v) is 13.7. The van der Waals surface area contributed by atoms with E-state index in [0.717, 1.165) is 6.42 Å². The van der Waals surface area contributed by atoms with Crippen LogP contribution in [-0.4, -0.2) is 0 Å². The van der Waals surface area contributed by atoms with Crippen LogP contribution in [0.1, 0.15) is 68.7 Å². The summed E-state index contributed by atoms with van der Waals surface area (Å²) in [6.45, 7) is 19.0. The van der Waals surface area contributed by atoms with Crippen LogP contribution in [0.15, 0.2) is 22.5 Å². The minimum atomic E-state index is 0.289. The molecule has 0 bridgehead atoms. The number of allylic oxidation sites excluding steroid dienone is 3. The second-order valence-corrected chi connectivity index (χ2v) is 4.75. The molecule has 0 nitrogen and oxygen atoms in total. The van der Waals surface area contributed by atoms with E-state index in [-0.39, 0.29) is 5.41 Å². The van der Waals surface area contributed by atoms with Crippen LogP contribution in [0.2, 0.25) is 0 Å². The van der Waals surface area contributed by atoms with Gasteiger partial charge >= 0.3 is 0 Å². The van der Waals surface area contributed by atoms with Gasteiger partial charge in [-0.3, -0.25) is 0 Å². The molecule has 0 aliphatic rings. The number of rotatable bonds is 3. The predicted octanol–water partition coefficient (Wildman–Crippen LogP) is 6.65. The van der Waals surface area contributed by atoms with Crippen molar-refractivity contribution in [2.24, 2.45) is 5.41 Å². The van der Waals surface area contributed by atoms with Crippen molar-refractivity contribution >= 4 is 11.8 Å². The maximum absolute atomic E-state index is 2.25. The molecule has 0 aromatic heterocycles. The van der Waals surface area contributed by atoms with E-state index in [1.54, 1.807) is 0 Å². The van der Waals surface area contributed by atoms with Gasteiger partial charge in [-0.05, 0) is 29.1 Å². The average Bonchev–Trinajstić information content (AvgIpc) is 2.28. The van der Waals surface area contributed by atoms with Gasteiger partial charge in [-0.2, -0.15) is 0 Å². The number of thioether (sulfide) groups is 1. The standard InChI is InChI=1S/C11H20S.2C2H6/c1-6-8-9-12-10(7-2)11(3,4)5;2*1-2/h7-9H,6H2,1-5H3;2*1-2H3/b9-8+,10-7-;;. The van der Waals surface area contributed by atoms with E-state index in [0.29, 0.717) is 0 Å². The molecule has 0 aliphatic carbocycles. The van der Waals surface area contributed by atoms with Gasteiger partial charge in [0.2, 0.25) is 0 Å². The summed E-state index contributed by atoms with van der Waals surface area (Å²) < 4.78 is 0. The Bertz CT molecular complexity index is 170. The highest BCUT2D eigenvalue weighted by Gasteiger charge is 2.14. The Balaban J connectivity index is -0.000000376. The first-order valence-corrected chi connectivity index (χ1v) is 7.38. The molecule has 0 aromatic carbocycles. The topological polar surface area (TPSA) is 0 Å². The lowest BCUT2D eigenvalue weighted by Crippen LogP contribution is -2.05. The number of hydrogen-bond acceptors (Lipinski definition) is 1. The van der Waals surface area contributed by atoms with Crippen LogP contribution < -0.4 is 0 Å². The predicted molar refractivity (Wildman–Crippen MR) is 82.9 cm³/mol. The van der Waals surface area contributed by atoms with E-state index < -0.39 is 0 Å². The first-order valence-electron chi connectivity index (χ1n) is 6.50. The Morgan fingerprint density at radius 3 is 1.75 bits per heavy atom. The highest BCUT2D eigenvalue weighted by atomic mass is 32.2. The monoisotopic (exact) mass is 244 g/mol. The zero-order chi connectivity index (χ0) is 13.6. The molecule has 0 N–H and O–H groups in total. The van der Waals surface area contributed by atoms with Crippen molar-refractivity contribution in [2.45, 2.75) is 68.7 Å². The quantitative estimate of drug-likeness (QED) is 0.536. The first kappa shape index (κ1) is 21.1. The SMILES string of the molecule is C/C=C(\S/C=C/CC)C(C)(C)C.CC.CC. The molecule has 98 valence electrons. The fraction of sp³-hybridized carbons (Fsp3) is 0.733. The van der Waals surface area contributed by atoms with E-state index >= 15 is 0 Å². The summed E-state index contributed by atoms with van der Waals surface area (Å²) in [5.74, 6) is 0. The minimum absolute atomic E-state index is 0.289. The Kier molecular flexibility index (Phi) is 19.6. The average molecular weight is 244 g/mol. The molecular weight excluding hydrogens is 212 g/mol. The highest BCUT2D eigenvalue weighted by Crippen LogP contribution is 2.34. The second kappa shape index (κ2) is 14.8. The lowest BCUT2D eigenvalue weighted by Gasteiger charge is -2.20. The Morgan fingerprint density at radius 1 is 1.06 bits per heavy atom. The fourth-order valence-electron chi connectivity index (χ4n) is 0.895. The Morgan fingerprint density at radius 2 is 1.50 bits per heavy atom. The van der Waals surface area contributed by atoms with Crippen molar-refractivity contribution in [1.82, 2.24) is 0 Å². The molecule has 0 unspecified atom stereocenters. The molecule has 0 radical (unpaired) electrons. The first-order chi connectivity index (χ1) is 7.52. The van der Waals surface area contributed by atoms with Gasteiger partial charge in [0, 0.05) is 0 Å². The molecule has 0 saturated heterocycles. The Labute approximate surface area is 109 Å². The van der Waals surface area contributed by atoms with Crippen LogP contribution in [0.25, 0.3) is 0 Å². The van der Waals surface area contributed by atoms with Gasteiger partial charge in [-0.15, -0.1) is 11.8 Å². The minimum Gasteiger partial charge on any atom is -0.103 e. The van der Waals surface area contributed by atoms with Gasteiger partial charge in [0.25, 0.3) is 0 Å². The van der Waals surface area contributed by atoms with Crippen LogP contribution in [-0.2, 0) is 0 Å². The summed E-state index contributed by atoms with van der Waals surface area (Å²) in [5, 5.41) is 2.18. The van der Waals surface area contributed by atoms with Crippen LogP contribution >= 0.6 is 11.8 Å². The molecule has 0 aromatic rings. The largest absolute Gasteiger partial charge is 0.103 e. The molecule has 0 rings (SSSR count). The summed E-state index contributed by atoms with van der Waals surface area (Å²) in [5.41, 5.74) is 0.289. The smallest absolute Gasteiger partial charge is 0.00720 e. The normalized spacial score (nSPS) is 11.4. The summed E-state index contributed by atoms with van der Waals surface area (Å²) in [7, 11) is 0. The van der Waals surface area contributed by atoms with Gasteiger partial charge in [-0.25, -0.2) is 0 Å². The van der Waals surface area contributed by atoms with Crippen LogP contribution in [0.3, 0.4) is 0 Å². The van der Waals surface area contributed by atoms with Crippen LogP contribution in [0.4, 0.5) is 0 Å². The van der Waals surface area contributed by atoms with Crippen molar-refractivity contribution in [2.75, 3.05) is 0 Å². The molecular formula is C15H32S. The second-order valence-electron chi connectivity index (χ2n) is 3.80. The van der Waals surface area contributed by atoms with Crippen molar-refractivity contribution in [3.05, 3.63) is 22.5 Å². The van der Waals surface area contributed by atoms with E-state index in [1.165, 1.54) is 4.91 Å². The van der Waals surface area contributed by atoms with Crippen LogP contribution in [0, 0.1) is 5.41 Å². The summed E-state index contributed by atoms with van der Waals surface area (Å²) in [6.07, 6.45) is 5.51. The molecule has 0 amide bonds. The van der Waals surface area contributed by atoms with Gasteiger partial charge in [0.15, 0.2) is 0 Å². The third-order valence-corrected chi connectivity index (χ3v) is 2.96. The van der Waals surface area contributed by atoms with E-state index in [9.17, 15) is 0 Å². The third-order valence-electron chi connectivity index (χ3n) is 1.53. The highest BCUT2D eigenvalue weighted by molar-refractivity contribution is 8.05. The van der Waals surface area contributed by atoms with E-state index in [4.69, 9.17) is 0 Å². The van der Waals surface area contributed by atoms with Crippen molar-refractivity contribution < 1.29 is 0 Å². The summed E-state index contributed by atoms with van der Waals surface area (Å²) >= 11 is 1.83. The molecule has 0 saturated carbocycles. The van der Waals surface area contributed by atoms with Gasteiger partial charge in [0.1, 0.15) is 0 Å². The Hall–Kier alpha value is -0.170. The molecule has 1 heteroatoms. The molecule has 0 fully saturated rings. The third kappa shape index (κ3) is 13.8. The molecule has 0 spiro atoms. The lowest BCUT2D eigenvalue weighted by atomic mass is 9.96. The molecule has 16 heavy (non-hydrogen) atoms. The van der Waals surface area contributed by atoms with Gasteiger partial charge in [-0.1, -0.05) is 67.5 Å². The van der Waals surface area contributed by atoms with Crippen molar-refractivity contribution in [3.63, 3.8) is 0 Å². The van der Waals surface area contributed by atoms with E-state index in [2.05, 4.69) is 52.2 Å².